The van der Waals surface area contributed by atoms with Crippen molar-refractivity contribution in [1.29, 1.82) is 0 Å². The highest BCUT2D eigenvalue weighted by Crippen LogP contribution is 2.29. The van der Waals surface area contributed by atoms with E-state index in [1.54, 1.807) is 69.2 Å². The van der Waals surface area contributed by atoms with Crippen LogP contribution in [0.15, 0.2) is 24.3 Å². The predicted molar refractivity (Wildman–Crippen MR) is 522 cm³/mol. The van der Waals surface area contributed by atoms with Gasteiger partial charge >= 0.3 is 5.97 Å². The molecule has 0 bridgehead atoms. The number of carbonyl (C=O) groups excluding carboxylic acids is 19. The lowest BCUT2D eigenvalue weighted by Gasteiger charge is -2.34. The smallest absolute Gasteiger partial charge is 0.326 e. The monoisotopic (exact) mass is 2040 g/mol. The fourth-order valence-corrected chi connectivity index (χ4v) is 17.5. The average Bonchev–Trinajstić information content (AvgIpc) is 1.64. The van der Waals surface area contributed by atoms with Gasteiger partial charge in [-0.05, 0) is 184 Å². The summed E-state index contributed by atoms with van der Waals surface area (Å²) in [5.41, 5.74) is 12.2. The quantitative estimate of drug-likeness (QED) is 0.0270. The number of phenols is 1. The number of aliphatic hydroxyl groups excluding tert-OH is 5. The lowest BCUT2D eigenvalue weighted by molar-refractivity contribution is -0.149. The Kier molecular flexibility index (Phi) is 49.2. The van der Waals surface area contributed by atoms with Crippen molar-refractivity contribution in [3.05, 3.63) is 29.8 Å². The minimum absolute atomic E-state index is 0.00650. The number of amides is 19. The molecule has 0 saturated carbocycles. The minimum Gasteiger partial charge on any atom is -0.508 e. The Balaban J connectivity index is 1.23. The standard InChI is InChI=1S/C96H159N21O27/c1-45(2)40-59(98)79(126)106-71(49(9)10)89(136)112-75(55(18)121)90(137)108-70(48(7)8)88(135)105-63(43-118)82(129)100-52(15)77(124)99-53(16)78(125)101-60(26-20-21-35-97)80(127)111-74(54(17)120)91(138)113-76(56(19)122)95(142)117-39-25-30-68(117)93(140)115-37-23-28-66(115)85(132)104-64(44-119)83(130)107-69(47(5)6)87(134)103-62(42-57-31-33-58(123)34-32-57)92(139)114-36-22-27-65(114)84(131)102-61(41-46(3)4)81(128)109-72(50(11)12)94(141)116-38-24-29-67(116)86(133)110-73(51(13)14)96(143)144/h31-34,45-56,59-76,118-123H,20-30,35-44,97-98H2,1-19H3,(H,99,124)(H,100,129)(H,101,125)(H,102,131)(H,103,134)(H,104,132)(H,105,135)(H,106,126)(H,107,130)(H,108,137)(H,109,128)(H,110,133)(H,111,127)(H,112,136)(H,113,138)(H,143,144)/t52-,53-,54+,55+,56+,59-,60-,61-,62-,63-,64-,65-,66-,67-,68-,69-,70-,71-,72-,73-,74-,75-,76-/m0/s1. The van der Waals surface area contributed by atoms with Crippen LogP contribution in [0.5, 0.6) is 5.75 Å². The number of carboxylic acids is 1. The summed E-state index contributed by atoms with van der Waals surface area (Å²) in [5.74, 6) is -21.6. The Labute approximate surface area is 840 Å². The van der Waals surface area contributed by atoms with Crippen LogP contribution in [-0.4, -0.2) is 359 Å². The molecule has 5 rings (SSSR count). The van der Waals surface area contributed by atoms with E-state index in [-0.39, 0.29) is 115 Å². The van der Waals surface area contributed by atoms with E-state index in [0.29, 0.717) is 31.2 Å². The SMILES string of the molecule is CC(C)C[C@H](NC(=O)[C@@H]1CCCN1C(=O)[C@H](Cc1ccc(O)cc1)NC(=O)[C@@H](NC(=O)[C@H](CO)NC(=O)[C@@H]1CCCN1C(=O)[C@@H]1CCCN1C(=O)[C@@H](NC(=O)[C@@H](NC(=O)[C@H](CCCCN)NC(=O)[C@H](C)NC(=O)[C@H](C)NC(=O)[C@H](CO)NC(=O)[C@@H](NC(=O)[C@@H](NC(=O)[C@@H](NC(=O)[C@@H](N)CC(C)C)C(C)C)[C@@H](C)O)C(C)C)[C@@H](C)O)[C@@H](C)O)C(C)C)C(=O)N[C@H](C(=O)N1CCC[C@H]1C(=O)N[C@H](C(=O)O)C(C)C)C(C)C. The lowest BCUT2D eigenvalue weighted by Crippen LogP contribution is -2.63. The molecule has 0 radical (unpaired) electrons. The lowest BCUT2D eigenvalue weighted by atomic mass is 9.98. The van der Waals surface area contributed by atoms with E-state index in [1.165, 1.54) is 73.6 Å². The normalized spacial score (nSPS) is 19.8. The second kappa shape index (κ2) is 57.7. The second-order valence-corrected chi connectivity index (χ2v) is 40.6. The van der Waals surface area contributed by atoms with E-state index in [4.69, 9.17) is 11.5 Å². The zero-order valence-corrected chi connectivity index (χ0v) is 86.2. The van der Waals surface area contributed by atoms with Gasteiger partial charge in [-0.15, -0.1) is 0 Å². The van der Waals surface area contributed by atoms with E-state index in [1.807, 2.05) is 13.8 Å². The zero-order chi connectivity index (χ0) is 109. The number of unbranched alkanes of at least 4 members (excludes halogenated alkanes) is 1. The fourth-order valence-electron chi connectivity index (χ4n) is 17.5. The molecule has 810 valence electrons. The third-order valence-corrected chi connectivity index (χ3v) is 25.8. The van der Waals surface area contributed by atoms with Crippen LogP contribution in [0.2, 0.25) is 0 Å². The average molecular weight is 2040 g/mol. The molecule has 48 nitrogen and oxygen atoms in total. The van der Waals surface area contributed by atoms with Crippen LogP contribution in [-0.2, 0) is 102 Å². The first-order valence-corrected chi connectivity index (χ1v) is 49.9. The summed E-state index contributed by atoms with van der Waals surface area (Å²) in [6.45, 7) is 27.3. The van der Waals surface area contributed by atoms with Gasteiger partial charge in [0.2, 0.25) is 112 Å². The molecule has 0 spiro atoms. The van der Waals surface area contributed by atoms with Crippen molar-refractivity contribution >= 4 is 118 Å². The Bertz CT molecular complexity index is 4590. The number of carboxylic acid groups (broad SMARTS) is 1. The van der Waals surface area contributed by atoms with Crippen molar-refractivity contribution < 1.29 is 132 Å². The molecule has 23 atom stereocenters. The van der Waals surface area contributed by atoms with Gasteiger partial charge in [0.25, 0.3) is 0 Å². The van der Waals surface area contributed by atoms with Crippen molar-refractivity contribution in [2.75, 3.05) is 45.9 Å². The van der Waals surface area contributed by atoms with Gasteiger partial charge in [-0.3, -0.25) is 91.1 Å². The highest BCUT2D eigenvalue weighted by molar-refractivity contribution is 6.03. The summed E-state index contributed by atoms with van der Waals surface area (Å²) in [6, 6.07) is -22.9. The molecule has 1 aromatic carbocycles. The number of nitrogens with two attached hydrogens (primary N) is 2. The number of nitrogens with one attached hydrogen (secondary N) is 15. The van der Waals surface area contributed by atoms with E-state index in [2.05, 4.69) is 79.8 Å². The minimum atomic E-state index is -1.91. The van der Waals surface area contributed by atoms with Crippen molar-refractivity contribution in [2.24, 2.45) is 52.9 Å². The largest absolute Gasteiger partial charge is 0.508 e. The Hall–Kier alpha value is -11.9. The Morgan fingerprint density at radius 3 is 1.11 bits per heavy atom. The number of nitrogens with zero attached hydrogens (tertiary/aromatic N) is 4. The van der Waals surface area contributed by atoms with Crippen molar-refractivity contribution in [3.8, 4) is 5.75 Å². The third kappa shape index (κ3) is 35.5. The molecule has 1 aromatic rings. The molecule has 48 heteroatoms. The molecule has 4 fully saturated rings. The Morgan fingerprint density at radius 1 is 0.333 bits per heavy atom. The van der Waals surface area contributed by atoms with Gasteiger partial charge < -0.3 is 147 Å². The van der Waals surface area contributed by atoms with Crippen LogP contribution in [0, 0.1) is 41.4 Å². The van der Waals surface area contributed by atoms with Gasteiger partial charge in [0.1, 0.15) is 121 Å². The topological polar surface area (TPSA) is 728 Å². The molecule has 0 unspecified atom stereocenters. The molecule has 19 amide bonds. The van der Waals surface area contributed by atoms with Crippen molar-refractivity contribution in [3.63, 3.8) is 0 Å². The van der Waals surface area contributed by atoms with E-state index in [9.17, 15) is 127 Å². The zero-order valence-electron chi connectivity index (χ0n) is 86.2. The maximum atomic E-state index is 15.1. The molecule has 4 heterocycles. The van der Waals surface area contributed by atoms with Gasteiger partial charge in [-0.2, -0.15) is 0 Å². The summed E-state index contributed by atoms with van der Waals surface area (Å²) >= 11 is 0. The van der Waals surface area contributed by atoms with Crippen LogP contribution >= 0.6 is 0 Å². The highest BCUT2D eigenvalue weighted by Gasteiger charge is 2.49. The molecule has 4 aliphatic heterocycles. The predicted octanol–water partition coefficient (Wildman–Crippen LogP) is -5.75. The number of carbonyl (C=O) groups is 20. The summed E-state index contributed by atoms with van der Waals surface area (Å²) in [4.78, 5) is 286. The van der Waals surface area contributed by atoms with Crippen LogP contribution in [0.1, 0.15) is 221 Å². The number of aromatic hydroxyl groups is 1. The number of benzene rings is 1. The molecular formula is C96H159N21O27. The first-order valence-electron chi connectivity index (χ1n) is 49.9. The molecule has 144 heavy (non-hydrogen) atoms. The molecule has 4 aliphatic rings. The number of hydrogen-bond acceptors (Lipinski definition) is 28. The van der Waals surface area contributed by atoms with Gasteiger partial charge in [0, 0.05) is 32.6 Å². The maximum absolute atomic E-state index is 15.1. The third-order valence-electron chi connectivity index (χ3n) is 25.8. The molecular weight excluding hydrogens is 1880 g/mol. The van der Waals surface area contributed by atoms with Crippen LogP contribution in [0.3, 0.4) is 0 Å². The highest BCUT2D eigenvalue weighted by atomic mass is 16.4. The van der Waals surface area contributed by atoms with Crippen LogP contribution in [0.25, 0.3) is 0 Å². The maximum Gasteiger partial charge on any atom is 0.326 e. The first-order chi connectivity index (χ1) is 67.4. The summed E-state index contributed by atoms with van der Waals surface area (Å²) in [6.07, 6.45) is -2.96. The van der Waals surface area contributed by atoms with Gasteiger partial charge in [-0.25, -0.2) is 4.79 Å². The summed E-state index contributed by atoms with van der Waals surface area (Å²) in [7, 11) is 0. The number of phenolic OH excluding ortho intramolecular Hbond substituents is 1. The van der Waals surface area contributed by atoms with Gasteiger partial charge in [0.05, 0.1) is 37.6 Å². The van der Waals surface area contributed by atoms with E-state index >= 15 is 4.79 Å². The Morgan fingerprint density at radius 2 is 0.660 bits per heavy atom. The van der Waals surface area contributed by atoms with E-state index < -0.39 is 300 Å². The van der Waals surface area contributed by atoms with Crippen LogP contribution < -0.4 is 91.2 Å². The molecule has 0 aromatic heterocycles. The van der Waals surface area contributed by atoms with Gasteiger partial charge in [0.15, 0.2) is 0 Å². The number of rotatable bonds is 55. The summed E-state index contributed by atoms with van der Waals surface area (Å²) < 4.78 is 0. The van der Waals surface area contributed by atoms with Crippen molar-refractivity contribution in [2.45, 2.75) is 361 Å². The van der Waals surface area contributed by atoms with Crippen LogP contribution in [0.4, 0.5) is 0 Å². The summed E-state index contributed by atoms with van der Waals surface area (Å²) in [5, 5.41) is 112. The number of aliphatic carboxylic acids is 1. The molecule has 26 N–H and O–H groups in total. The van der Waals surface area contributed by atoms with Gasteiger partial charge in [-0.1, -0.05) is 109 Å². The second-order valence-electron chi connectivity index (χ2n) is 40.6. The molecule has 0 aliphatic carbocycles. The number of likely N-dealkylation sites (tertiary alicyclic amines) is 4. The fraction of sp³-hybridized carbons (Fsp3) is 0.729. The number of hydrogen-bond donors (Lipinski definition) is 24. The van der Waals surface area contributed by atoms with Crippen molar-refractivity contribution in [1.82, 2.24) is 99.4 Å². The van der Waals surface area contributed by atoms with E-state index in [0.717, 1.165) is 18.7 Å². The first kappa shape index (κ1) is 123. The molecule has 4 saturated heterocycles. The number of aliphatic hydroxyl groups is 5.